The van der Waals surface area contributed by atoms with Crippen LogP contribution in [0.2, 0.25) is 5.02 Å². The number of aromatic amines is 1. The summed E-state index contributed by atoms with van der Waals surface area (Å²) in [5, 5.41) is 12.3. The van der Waals surface area contributed by atoms with Gasteiger partial charge in [0.05, 0.1) is 34.8 Å². The lowest BCUT2D eigenvalue weighted by Crippen LogP contribution is -2.29. The van der Waals surface area contributed by atoms with Crippen LogP contribution in [0.4, 0.5) is 11.6 Å². The van der Waals surface area contributed by atoms with E-state index in [0.29, 0.717) is 22.4 Å². The van der Waals surface area contributed by atoms with Crippen molar-refractivity contribution in [2.45, 2.75) is 37.8 Å². The molecule has 33 heavy (non-hydrogen) atoms. The van der Waals surface area contributed by atoms with E-state index in [1.54, 1.807) is 12.4 Å². The number of hydrogen-bond donors (Lipinski definition) is 3. The second-order valence-corrected chi connectivity index (χ2v) is 8.61. The smallest absolute Gasteiger partial charge is 0.247 e. The van der Waals surface area contributed by atoms with E-state index in [-0.39, 0.29) is 18.0 Å². The van der Waals surface area contributed by atoms with Crippen molar-refractivity contribution in [2.75, 3.05) is 10.6 Å². The van der Waals surface area contributed by atoms with E-state index in [1.165, 1.54) is 6.08 Å². The Kier molecular flexibility index (Phi) is 5.83. The summed E-state index contributed by atoms with van der Waals surface area (Å²) in [5.74, 6) is 0.313. The van der Waals surface area contributed by atoms with Gasteiger partial charge < -0.3 is 15.6 Å². The van der Waals surface area contributed by atoms with E-state index >= 15 is 0 Å². The SMILES string of the molecule is C=CC(=O)Nc1cnn([C@H]2CCC[C@@H](Nc3ncc(Cl)c(-c4c[nH]c5ccccc45)n3)C2)c1. The molecule has 0 unspecified atom stereocenters. The Hall–Kier alpha value is -3.65. The minimum Gasteiger partial charge on any atom is -0.360 e. The molecule has 9 heteroatoms. The number of nitrogens with one attached hydrogen (secondary N) is 3. The summed E-state index contributed by atoms with van der Waals surface area (Å²) in [6.07, 6.45) is 12.3. The number of H-pyrrole nitrogens is 1. The highest BCUT2D eigenvalue weighted by Gasteiger charge is 2.25. The molecule has 1 amide bonds. The fourth-order valence-electron chi connectivity index (χ4n) is 4.41. The molecule has 0 saturated heterocycles. The maximum atomic E-state index is 11.5. The zero-order chi connectivity index (χ0) is 22.8. The van der Waals surface area contributed by atoms with Crippen LogP contribution in [0.15, 0.2) is 61.7 Å². The number of anilines is 2. The Morgan fingerprint density at radius 2 is 2.15 bits per heavy atom. The van der Waals surface area contributed by atoms with Crippen LogP contribution >= 0.6 is 11.6 Å². The number of para-hydroxylation sites is 1. The number of nitrogens with zero attached hydrogens (tertiary/aromatic N) is 4. The Bertz CT molecular complexity index is 1310. The molecule has 1 aromatic carbocycles. The molecule has 0 spiro atoms. The van der Waals surface area contributed by atoms with Crippen LogP contribution in [0.5, 0.6) is 0 Å². The number of amides is 1. The van der Waals surface area contributed by atoms with E-state index in [0.717, 1.165) is 42.1 Å². The fourth-order valence-corrected chi connectivity index (χ4v) is 4.60. The van der Waals surface area contributed by atoms with Crippen molar-refractivity contribution in [3.63, 3.8) is 0 Å². The van der Waals surface area contributed by atoms with Gasteiger partial charge in [-0.2, -0.15) is 5.10 Å². The van der Waals surface area contributed by atoms with Crippen molar-refractivity contribution in [2.24, 2.45) is 0 Å². The van der Waals surface area contributed by atoms with Gasteiger partial charge in [-0.05, 0) is 37.8 Å². The average molecular weight is 462 g/mol. The number of halogens is 1. The largest absolute Gasteiger partial charge is 0.360 e. The van der Waals surface area contributed by atoms with Gasteiger partial charge in [0.15, 0.2) is 0 Å². The van der Waals surface area contributed by atoms with Gasteiger partial charge in [-0.15, -0.1) is 0 Å². The number of carbonyl (C=O) groups excluding carboxylic acids is 1. The first-order chi connectivity index (χ1) is 16.1. The molecule has 0 aliphatic heterocycles. The molecular weight excluding hydrogens is 438 g/mol. The number of aromatic nitrogens is 5. The van der Waals surface area contributed by atoms with Crippen molar-refractivity contribution in [1.29, 1.82) is 0 Å². The van der Waals surface area contributed by atoms with Crippen molar-refractivity contribution in [3.05, 3.63) is 66.7 Å². The Morgan fingerprint density at radius 1 is 1.27 bits per heavy atom. The topological polar surface area (TPSA) is 101 Å². The molecule has 1 fully saturated rings. The van der Waals surface area contributed by atoms with Crippen molar-refractivity contribution >= 4 is 40.0 Å². The summed E-state index contributed by atoms with van der Waals surface area (Å²) in [4.78, 5) is 24.0. The molecule has 1 aliphatic carbocycles. The lowest BCUT2D eigenvalue weighted by molar-refractivity contribution is -0.111. The molecule has 3 N–H and O–H groups in total. The third-order valence-electron chi connectivity index (χ3n) is 6.00. The van der Waals surface area contributed by atoms with Crippen LogP contribution in [0.3, 0.4) is 0 Å². The molecule has 5 rings (SSSR count). The molecule has 2 atom stereocenters. The summed E-state index contributed by atoms with van der Waals surface area (Å²) in [6, 6.07) is 8.50. The van der Waals surface area contributed by atoms with Gasteiger partial charge in [-0.3, -0.25) is 9.48 Å². The molecule has 1 saturated carbocycles. The van der Waals surface area contributed by atoms with E-state index in [2.05, 4.69) is 32.3 Å². The molecule has 3 aromatic heterocycles. The summed E-state index contributed by atoms with van der Waals surface area (Å²) < 4.78 is 1.92. The molecule has 8 nitrogen and oxygen atoms in total. The first-order valence-corrected chi connectivity index (χ1v) is 11.3. The quantitative estimate of drug-likeness (QED) is 0.343. The van der Waals surface area contributed by atoms with E-state index < -0.39 is 0 Å². The molecule has 4 aromatic rings. The normalized spacial score (nSPS) is 18.2. The summed E-state index contributed by atoms with van der Waals surface area (Å²) in [7, 11) is 0. The van der Waals surface area contributed by atoms with Gasteiger partial charge in [0.25, 0.3) is 0 Å². The van der Waals surface area contributed by atoms with Crippen LogP contribution in [0.1, 0.15) is 31.7 Å². The molecule has 0 radical (unpaired) electrons. The molecule has 1 aliphatic rings. The van der Waals surface area contributed by atoms with Crippen LogP contribution in [0.25, 0.3) is 22.2 Å². The molecular formula is C24H24ClN7O. The maximum Gasteiger partial charge on any atom is 0.247 e. The lowest BCUT2D eigenvalue weighted by atomic mass is 9.91. The summed E-state index contributed by atoms with van der Waals surface area (Å²) >= 11 is 6.47. The summed E-state index contributed by atoms with van der Waals surface area (Å²) in [5.41, 5.74) is 3.36. The van der Waals surface area contributed by atoms with Crippen LogP contribution < -0.4 is 10.6 Å². The van der Waals surface area contributed by atoms with Gasteiger partial charge >= 0.3 is 0 Å². The van der Waals surface area contributed by atoms with Gasteiger partial charge in [0.2, 0.25) is 11.9 Å². The zero-order valence-electron chi connectivity index (χ0n) is 18.0. The van der Waals surface area contributed by atoms with Gasteiger partial charge in [-0.25, -0.2) is 9.97 Å². The first-order valence-electron chi connectivity index (χ1n) is 10.9. The number of hydrogen-bond acceptors (Lipinski definition) is 5. The van der Waals surface area contributed by atoms with Crippen LogP contribution in [-0.4, -0.2) is 36.7 Å². The van der Waals surface area contributed by atoms with Crippen LogP contribution in [0, 0.1) is 0 Å². The van der Waals surface area contributed by atoms with Gasteiger partial charge in [-0.1, -0.05) is 36.4 Å². The summed E-state index contributed by atoms with van der Waals surface area (Å²) in [6.45, 7) is 3.48. The van der Waals surface area contributed by atoms with Gasteiger partial charge in [0, 0.05) is 34.9 Å². The Morgan fingerprint density at radius 3 is 3.03 bits per heavy atom. The third kappa shape index (κ3) is 4.47. The van der Waals surface area contributed by atoms with Crippen molar-refractivity contribution in [3.8, 4) is 11.3 Å². The lowest BCUT2D eigenvalue weighted by Gasteiger charge is -2.30. The highest BCUT2D eigenvalue weighted by molar-refractivity contribution is 6.33. The van der Waals surface area contributed by atoms with Crippen molar-refractivity contribution < 1.29 is 4.79 Å². The predicted molar refractivity (Wildman–Crippen MR) is 130 cm³/mol. The maximum absolute atomic E-state index is 11.5. The highest BCUT2D eigenvalue weighted by atomic mass is 35.5. The first kappa shape index (κ1) is 21.2. The average Bonchev–Trinajstić information content (AvgIpc) is 3.48. The van der Waals surface area contributed by atoms with E-state index in [1.807, 2.05) is 41.3 Å². The highest BCUT2D eigenvalue weighted by Crippen LogP contribution is 2.34. The molecule has 3 heterocycles. The predicted octanol–water partition coefficient (Wildman–Crippen LogP) is 5.20. The molecule has 168 valence electrons. The second-order valence-electron chi connectivity index (χ2n) is 8.20. The second kappa shape index (κ2) is 9.07. The monoisotopic (exact) mass is 461 g/mol. The minimum atomic E-state index is -0.247. The minimum absolute atomic E-state index is 0.205. The van der Waals surface area contributed by atoms with E-state index in [4.69, 9.17) is 16.6 Å². The third-order valence-corrected chi connectivity index (χ3v) is 6.27. The number of benzene rings is 1. The standard InChI is InChI=1S/C24H24ClN7O/c1-2-22(33)29-16-11-28-32(14-16)17-7-5-6-15(10-17)30-24-27-13-20(25)23(31-24)19-12-26-21-9-4-3-8-18(19)21/h2-4,8-9,11-15,17,26H,1,5-7,10H2,(H,29,33)(H,27,30,31)/t15-,17+/m1/s1. The Balaban J connectivity index is 1.32. The number of rotatable bonds is 6. The zero-order valence-corrected chi connectivity index (χ0v) is 18.7. The van der Waals surface area contributed by atoms with Gasteiger partial charge in [0.1, 0.15) is 0 Å². The number of carbonyl (C=O) groups is 1. The van der Waals surface area contributed by atoms with E-state index in [9.17, 15) is 4.79 Å². The molecule has 0 bridgehead atoms. The van der Waals surface area contributed by atoms with Crippen LogP contribution in [-0.2, 0) is 4.79 Å². The number of fused-ring (bicyclic) bond motifs is 1. The Labute approximate surface area is 196 Å². The fraction of sp³-hybridized carbons (Fsp3) is 0.250. The van der Waals surface area contributed by atoms with Crippen molar-refractivity contribution in [1.82, 2.24) is 24.7 Å².